The number of piperazine rings is 1. The average molecular weight is 398 g/mol. The summed E-state index contributed by atoms with van der Waals surface area (Å²) in [6.07, 6.45) is 3.60. The fourth-order valence-electron chi connectivity index (χ4n) is 3.24. The molecule has 156 valence electrons. The first-order chi connectivity index (χ1) is 14.2. The summed E-state index contributed by atoms with van der Waals surface area (Å²) in [5.41, 5.74) is 2.16. The molecule has 0 saturated carbocycles. The summed E-state index contributed by atoms with van der Waals surface area (Å²) in [5.74, 6) is 2.33. The van der Waals surface area contributed by atoms with Crippen molar-refractivity contribution in [2.45, 2.75) is 13.5 Å². The Kier molecular flexibility index (Phi) is 7.84. The summed E-state index contributed by atoms with van der Waals surface area (Å²) in [4.78, 5) is 13.4. The normalized spacial score (nSPS) is 14.6. The molecule has 0 aliphatic carbocycles. The van der Waals surface area contributed by atoms with Gasteiger partial charge in [-0.3, -0.25) is 4.90 Å². The Balaban J connectivity index is 1.39. The average Bonchev–Trinajstić information content (AvgIpc) is 2.76. The smallest absolute Gasteiger partial charge is 0.225 e. The second kappa shape index (κ2) is 10.8. The molecule has 0 unspecified atom stereocenters. The quantitative estimate of drug-likeness (QED) is 0.488. The van der Waals surface area contributed by atoms with E-state index in [1.54, 1.807) is 19.5 Å². The molecule has 0 radical (unpaired) electrons. The third-order valence-corrected chi connectivity index (χ3v) is 4.84. The van der Waals surface area contributed by atoms with Crippen LogP contribution in [0.4, 0.5) is 5.95 Å². The molecule has 1 aliphatic rings. The van der Waals surface area contributed by atoms with E-state index in [0.717, 1.165) is 68.8 Å². The van der Waals surface area contributed by atoms with E-state index in [4.69, 9.17) is 9.47 Å². The summed E-state index contributed by atoms with van der Waals surface area (Å²) < 4.78 is 11.2. The van der Waals surface area contributed by atoms with Crippen LogP contribution in [0.1, 0.15) is 12.5 Å². The SMILES string of the molecule is C=C(C)COc1cc(CNCCN2CCN(c3ncccn3)CC2)ccc1OC. The van der Waals surface area contributed by atoms with Crippen LogP contribution in [0, 0.1) is 0 Å². The predicted octanol–water partition coefficient (Wildman–Crippen LogP) is 2.35. The lowest BCUT2D eigenvalue weighted by molar-refractivity contribution is 0.256. The number of nitrogens with zero attached hydrogens (tertiary/aromatic N) is 4. The molecule has 0 bridgehead atoms. The minimum atomic E-state index is 0.493. The molecule has 29 heavy (non-hydrogen) atoms. The van der Waals surface area contributed by atoms with Gasteiger partial charge in [-0.2, -0.15) is 0 Å². The van der Waals surface area contributed by atoms with Crippen LogP contribution < -0.4 is 19.7 Å². The van der Waals surface area contributed by atoms with Crippen molar-refractivity contribution < 1.29 is 9.47 Å². The zero-order valence-electron chi connectivity index (χ0n) is 17.4. The van der Waals surface area contributed by atoms with E-state index in [9.17, 15) is 0 Å². The fraction of sp³-hybridized carbons (Fsp3) is 0.455. The number of ether oxygens (including phenoxy) is 2. The summed E-state index contributed by atoms with van der Waals surface area (Å²) in [6.45, 7) is 13.1. The molecule has 7 nitrogen and oxygen atoms in total. The van der Waals surface area contributed by atoms with Gasteiger partial charge in [-0.15, -0.1) is 0 Å². The molecule has 1 aliphatic heterocycles. The van der Waals surface area contributed by atoms with E-state index in [0.29, 0.717) is 6.61 Å². The lowest BCUT2D eigenvalue weighted by atomic mass is 10.2. The minimum Gasteiger partial charge on any atom is -0.493 e. The van der Waals surface area contributed by atoms with Crippen molar-refractivity contribution >= 4 is 5.95 Å². The van der Waals surface area contributed by atoms with Crippen molar-refractivity contribution in [2.24, 2.45) is 0 Å². The number of rotatable bonds is 10. The number of hydrogen-bond donors (Lipinski definition) is 1. The van der Waals surface area contributed by atoms with Crippen molar-refractivity contribution in [2.75, 3.05) is 57.9 Å². The second-order valence-corrected chi connectivity index (χ2v) is 7.29. The molecule has 1 aromatic carbocycles. The number of aromatic nitrogens is 2. The lowest BCUT2D eigenvalue weighted by Gasteiger charge is -2.34. The molecular weight excluding hydrogens is 366 g/mol. The third kappa shape index (κ3) is 6.44. The Labute approximate surface area is 173 Å². The second-order valence-electron chi connectivity index (χ2n) is 7.29. The topological polar surface area (TPSA) is 62.8 Å². The van der Waals surface area contributed by atoms with Crippen LogP contribution in [0.15, 0.2) is 48.8 Å². The van der Waals surface area contributed by atoms with E-state index in [1.807, 2.05) is 25.1 Å². The van der Waals surface area contributed by atoms with Crippen LogP contribution >= 0.6 is 0 Å². The van der Waals surface area contributed by atoms with Crippen LogP contribution in [0.25, 0.3) is 0 Å². The zero-order chi connectivity index (χ0) is 20.5. The summed E-state index contributed by atoms with van der Waals surface area (Å²) in [7, 11) is 1.66. The van der Waals surface area contributed by atoms with Gasteiger partial charge >= 0.3 is 0 Å². The Morgan fingerprint density at radius 2 is 1.90 bits per heavy atom. The first-order valence-electron chi connectivity index (χ1n) is 10.0. The largest absolute Gasteiger partial charge is 0.493 e. The van der Waals surface area contributed by atoms with Crippen LogP contribution in [-0.2, 0) is 6.54 Å². The van der Waals surface area contributed by atoms with Gasteiger partial charge in [0.25, 0.3) is 0 Å². The number of benzene rings is 1. The first-order valence-corrected chi connectivity index (χ1v) is 10.0. The monoisotopic (exact) mass is 397 g/mol. The Bertz CT molecular complexity index is 776. The highest BCUT2D eigenvalue weighted by molar-refractivity contribution is 5.43. The highest BCUT2D eigenvalue weighted by Crippen LogP contribution is 2.28. The van der Waals surface area contributed by atoms with E-state index in [-0.39, 0.29) is 0 Å². The first kappa shape index (κ1) is 21.1. The van der Waals surface area contributed by atoms with Crippen molar-refractivity contribution in [3.8, 4) is 11.5 Å². The highest BCUT2D eigenvalue weighted by atomic mass is 16.5. The third-order valence-electron chi connectivity index (χ3n) is 4.84. The Hall–Kier alpha value is -2.64. The fourth-order valence-corrected chi connectivity index (χ4v) is 3.24. The standard InChI is InChI=1S/C22H31N5O2/c1-18(2)17-29-21-15-19(5-6-20(21)28-3)16-23-9-10-26-11-13-27(14-12-26)22-24-7-4-8-25-22/h4-8,15,23H,1,9-14,16-17H2,2-3H3. The van der Waals surface area contributed by atoms with E-state index >= 15 is 0 Å². The van der Waals surface area contributed by atoms with Gasteiger partial charge in [0.2, 0.25) is 5.95 Å². The molecule has 1 N–H and O–H groups in total. The lowest BCUT2D eigenvalue weighted by Crippen LogP contribution is -2.48. The molecule has 2 heterocycles. The van der Waals surface area contributed by atoms with Crippen molar-refractivity contribution in [3.63, 3.8) is 0 Å². The molecule has 1 fully saturated rings. The molecule has 0 amide bonds. The minimum absolute atomic E-state index is 0.493. The van der Waals surface area contributed by atoms with Gasteiger partial charge in [0.1, 0.15) is 6.61 Å². The molecule has 0 atom stereocenters. The number of hydrogen-bond acceptors (Lipinski definition) is 7. The van der Waals surface area contributed by atoms with Gasteiger partial charge in [-0.1, -0.05) is 12.6 Å². The predicted molar refractivity (Wildman–Crippen MR) is 116 cm³/mol. The molecule has 3 rings (SSSR count). The molecular formula is C22H31N5O2. The van der Waals surface area contributed by atoms with Crippen LogP contribution in [0.2, 0.25) is 0 Å². The Morgan fingerprint density at radius 3 is 2.59 bits per heavy atom. The molecule has 1 aromatic heterocycles. The van der Waals surface area contributed by atoms with Gasteiger partial charge in [0.05, 0.1) is 7.11 Å². The summed E-state index contributed by atoms with van der Waals surface area (Å²) in [6, 6.07) is 7.91. The number of nitrogens with one attached hydrogen (secondary N) is 1. The van der Waals surface area contributed by atoms with Crippen LogP contribution in [0.5, 0.6) is 11.5 Å². The van der Waals surface area contributed by atoms with E-state index in [2.05, 4.69) is 37.7 Å². The van der Waals surface area contributed by atoms with Crippen LogP contribution in [-0.4, -0.2) is 67.9 Å². The van der Waals surface area contributed by atoms with Gasteiger partial charge in [-0.05, 0) is 36.3 Å². The highest BCUT2D eigenvalue weighted by Gasteiger charge is 2.18. The number of methoxy groups -OCH3 is 1. The molecule has 1 saturated heterocycles. The summed E-state index contributed by atoms with van der Waals surface area (Å²) >= 11 is 0. The van der Waals surface area contributed by atoms with Gasteiger partial charge in [-0.25, -0.2) is 9.97 Å². The Morgan fingerprint density at radius 1 is 1.14 bits per heavy atom. The van der Waals surface area contributed by atoms with Gasteiger partial charge < -0.3 is 19.7 Å². The van der Waals surface area contributed by atoms with Crippen LogP contribution in [0.3, 0.4) is 0 Å². The number of anilines is 1. The van der Waals surface area contributed by atoms with Gasteiger partial charge in [0, 0.05) is 58.2 Å². The molecule has 0 spiro atoms. The summed E-state index contributed by atoms with van der Waals surface area (Å²) in [5, 5.41) is 3.53. The zero-order valence-corrected chi connectivity index (χ0v) is 17.4. The maximum atomic E-state index is 5.80. The maximum Gasteiger partial charge on any atom is 0.225 e. The van der Waals surface area contributed by atoms with E-state index in [1.165, 1.54) is 5.56 Å². The van der Waals surface area contributed by atoms with Gasteiger partial charge in [0.15, 0.2) is 11.5 Å². The van der Waals surface area contributed by atoms with E-state index < -0.39 is 0 Å². The van der Waals surface area contributed by atoms with Crippen molar-refractivity contribution in [1.82, 2.24) is 20.2 Å². The molecule has 2 aromatic rings. The maximum absolute atomic E-state index is 5.80. The molecule has 7 heteroatoms. The van der Waals surface area contributed by atoms with Crippen molar-refractivity contribution in [3.05, 3.63) is 54.4 Å². The van der Waals surface area contributed by atoms with Crippen molar-refractivity contribution in [1.29, 1.82) is 0 Å².